The molecule has 1 saturated heterocycles. The Bertz CT molecular complexity index is 445. The van der Waals surface area contributed by atoms with E-state index in [0.717, 1.165) is 44.0 Å². The minimum absolute atomic E-state index is 0.104. The number of nitro groups is 1. The van der Waals surface area contributed by atoms with Crippen molar-refractivity contribution in [2.45, 2.75) is 6.92 Å². The van der Waals surface area contributed by atoms with Crippen LogP contribution in [0, 0.1) is 17.0 Å². The summed E-state index contributed by atoms with van der Waals surface area (Å²) in [6.45, 7) is 7.46. The lowest BCUT2D eigenvalue weighted by molar-refractivity contribution is -0.384. The van der Waals surface area contributed by atoms with Crippen molar-refractivity contribution in [3.05, 3.63) is 33.9 Å². The molecule has 1 aromatic rings. The fourth-order valence-corrected chi connectivity index (χ4v) is 2.13. The molecule has 2 rings (SSSR count). The first-order valence-electron chi connectivity index (χ1n) is 6.48. The lowest BCUT2D eigenvalue weighted by Crippen LogP contribution is -2.44. The third-order valence-corrected chi connectivity index (χ3v) is 3.24. The summed E-state index contributed by atoms with van der Waals surface area (Å²) in [5.41, 5.74) is 0.904. The molecule has 1 N–H and O–H groups in total. The third-order valence-electron chi connectivity index (χ3n) is 3.24. The molecule has 104 valence electrons. The standard InChI is InChI=1S/C13H19N3O3/c1-11-10-12(16(17)18)2-3-13(11)19-9-8-15-6-4-14-5-7-15/h2-3,10,14H,4-9H2,1H3. The van der Waals surface area contributed by atoms with Crippen LogP contribution < -0.4 is 10.1 Å². The largest absolute Gasteiger partial charge is 0.492 e. The summed E-state index contributed by atoms with van der Waals surface area (Å²) < 4.78 is 5.69. The molecule has 0 unspecified atom stereocenters. The Hall–Kier alpha value is -1.66. The number of nitro benzene ring substituents is 1. The molecule has 0 spiro atoms. The van der Waals surface area contributed by atoms with Gasteiger partial charge in [-0.3, -0.25) is 15.0 Å². The summed E-state index contributed by atoms with van der Waals surface area (Å²) in [6.07, 6.45) is 0. The molecule has 0 atom stereocenters. The Kier molecular flexibility index (Phi) is 4.70. The van der Waals surface area contributed by atoms with Gasteiger partial charge < -0.3 is 10.1 Å². The van der Waals surface area contributed by atoms with Gasteiger partial charge in [-0.15, -0.1) is 0 Å². The summed E-state index contributed by atoms with van der Waals surface area (Å²) in [5, 5.41) is 13.9. The van der Waals surface area contributed by atoms with E-state index in [0.29, 0.717) is 6.61 Å². The van der Waals surface area contributed by atoms with Gasteiger partial charge in [0.15, 0.2) is 0 Å². The number of non-ortho nitro benzene ring substituents is 1. The quantitative estimate of drug-likeness (QED) is 0.639. The fraction of sp³-hybridized carbons (Fsp3) is 0.538. The zero-order valence-electron chi connectivity index (χ0n) is 11.1. The van der Waals surface area contributed by atoms with E-state index < -0.39 is 4.92 Å². The second-order valence-corrected chi connectivity index (χ2v) is 4.65. The van der Waals surface area contributed by atoms with Gasteiger partial charge in [0, 0.05) is 44.9 Å². The van der Waals surface area contributed by atoms with E-state index in [1.807, 2.05) is 6.92 Å². The second kappa shape index (κ2) is 6.49. The van der Waals surface area contributed by atoms with Gasteiger partial charge in [-0.2, -0.15) is 0 Å². The van der Waals surface area contributed by atoms with Crippen molar-refractivity contribution in [2.24, 2.45) is 0 Å². The summed E-state index contributed by atoms with van der Waals surface area (Å²) in [5.74, 6) is 0.723. The zero-order chi connectivity index (χ0) is 13.7. The van der Waals surface area contributed by atoms with Crippen LogP contribution >= 0.6 is 0 Å². The molecule has 6 heteroatoms. The lowest BCUT2D eigenvalue weighted by atomic mass is 10.2. The average Bonchev–Trinajstić information content (AvgIpc) is 2.41. The molecule has 0 radical (unpaired) electrons. The van der Waals surface area contributed by atoms with Gasteiger partial charge in [0.25, 0.3) is 5.69 Å². The molecule has 1 fully saturated rings. The van der Waals surface area contributed by atoms with Crippen LogP contribution in [0.4, 0.5) is 5.69 Å². The van der Waals surface area contributed by atoms with Crippen molar-refractivity contribution in [3.8, 4) is 5.75 Å². The van der Waals surface area contributed by atoms with E-state index in [9.17, 15) is 10.1 Å². The first kappa shape index (κ1) is 13.8. The van der Waals surface area contributed by atoms with Crippen molar-refractivity contribution < 1.29 is 9.66 Å². The molecule has 0 amide bonds. The van der Waals surface area contributed by atoms with Crippen molar-refractivity contribution in [1.82, 2.24) is 10.2 Å². The van der Waals surface area contributed by atoms with Gasteiger partial charge in [-0.25, -0.2) is 0 Å². The van der Waals surface area contributed by atoms with Gasteiger partial charge in [0.2, 0.25) is 0 Å². The number of piperazine rings is 1. The van der Waals surface area contributed by atoms with Crippen LogP contribution in [0.2, 0.25) is 0 Å². The van der Waals surface area contributed by atoms with Crippen molar-refractivity contribution in [1.29, 1.82) is 0 Å². The summed E-state index contributed by atoms with van der Waals surface area (Å²) in [6, 6.07) is 4.69. The van der Waals surface area contributed by atoms with Crippen LogP contribution in [-0.4, -0.2) is 49.2 Å². The molecule has 1 heterocycles. The molecule has 0 bridgehead atoms. The SMILES string of the molecule is Cc1cc([N+](=O)[O-])ccc1OCCN1CCNCC1. The summed E-state index contributed by atoms with van der Waals surface area (Å²) in [4.78, 5) is 12.6. The summed E-state index contributed by atoms with van der Waals surface area (Å²) >= 11 is 0. The normalized spacial score (nSPS) is 16.3. The summed E-state index contributed by atoms with van der Waals surface area (Å²) in [7, 11) is 0. The van der Waals surface area contributed by atoms with Gasteiger partial charge in [0.05, 0.1) is 4.92 Å². The topological polar surface area (TPSA) is 67.6 Å². The van der Waals surface area contributed by atoms with Gasteiger partial charge in [-0.1, -0.05) is 0 Å². The number of hydrogen-bond donors (Lipinski definition) is 1. The van der Waals surface area contributed by atoms with Crippen molar-refractivity contribution >= 4 is 5.69 Å². The first-order valence-corrected chi connectivity index (χ1v) is 6.48. The zero-order valence-corrected chi connectivity index (χ0v) is 11.1. The van der Waals surface area contributed by atoms with Crippen LogP contribution in [0.15, 0.2) is 18.2 Å². The number of rotatable bonds is 5. The van der Waals surface area contributed by atoms with Crippen LogP contribution in [0.25, 0.3) is 0 Å². The highest BCUT2D eigenvalue weighted by Crippen LogP contribution is 2.23. The molecule has 0 aliphatic carbocycles. The maximum absolute atomic E-state index is 10.6. The number of benzene rings is 1. The van der Waals surface area contributed by atoms with E-state index in [1.165, 1.54) is 6.07 Å². The second-order valence-electron chi connectivity index (χ2n) is 4.65. The smallest absolute Gasteiger partial charge is 0.269 e. The Labute approximate surface area is 112 Å². The molecule has 19 heavy (non-hydrogen) atoms. The Balaban J connectivity index is 1.83. The van der Waals surface area contributed by atoms with Crippen molar-refractivity contribution in [3.63, 3.8) is 0 Å². The highest BCUT2D eigenvalue weighted by atomic mass is 16.6. The number of nitrogens with one attached hydrogen (secondary N) is 1. The van der Waals surface area contributed by atoms with Crippen molar-refractivity contribution in [2.75, 3.05) is 39.3 Å². The average molecular weight is 265 g/mol. The van der Waals surface area contributed by atoms with Crippen LogP contribution in [0.5, 0.6) is 5.75 Å². The lowest BCUT2D eigenvalue weighted by Gasteiger charge is -2.27. The third kappa shape index (κ3) is 3.90. The highest BCUT2D eigenvalue weighted by molar-refractivity contribution is 5.42. The Morgan fingerprint density at radius 2 is 2.16 bits per heavy atom. The van der Waals surface area contributed by atoms with Gasteiger partial charge >= 0.3 is 0 Å². The number of ether oxygens (including phenoxy) is 1. The molecule has 1 aliphatic heterocycles. The molecule has 1 aromatic carbocycles. The highest BCUT2D eigenvalue weighted by Gasteiger charge is 2.11. The monoisotopic (exact) mass is 265 g/mol. The minimum Gasteiger partial charge on any atom is -0.492 e. The Morgan fingerprint density at radius 1 is 1.42 bits per heavy atom. The van der Waals surface area contributed by atoms with Crippen LogP contribution in [-0.2, 0) is 0 Å². The van der Waals surface area contributed by atoms with Crippen LogP contribution in [0.1, 0.15) is 5.56 Å². The number of hydrogen-bond acceptors (Lipinski definition) is 5. The van der Waals surface area contributed by atoms with Gasteiger partial charge in [-0.05, 0) is 18.6 Å². The van der Waals surface area contributed by atoms with E-state index >= 15 is 0 Å². The number of aryl methyl sites for hydroxylation is 1. The van der Waals surface area contributed by atoms with E-state index in [-0.39, 0.29) is 5.69 Å². The molecule has 1 aliphatic rings. The van der Waals surface area contributed by atoms with E-state index in [2.05, 4.69) is 10.2 Å². The van der Waals surface area contributed by atoms with E-state index in [4.69, 9.17) is 4.74 Å². The van der Waals surface area contributed by atoms with Crippen LogP contribution in [0.3, 0.4) is 0 Å². The molecular weight excluding hydrogens is 246 g/mol. The molecule has 0 saturated carbocycles. The molecular formula is C13H19N3O3. The first-order chi connectivity index (χ1) is 9.16. The predicted molar refractivity (Wildman–Crippen MR) is 72.6 cm³/mol. The fourth-order valence-electron chi connectivity index (χ4n) is 2.13. The predicted octanol–water partition coefficient (Wildman–Crippen LogP) is 1.19. The van der Waals surface area contributed by atoms with Gasteiger partial charge in [0.1, 0.15) is 12.4 Å². The number of nitrogens with zero attached hydrogens (tertiary/aromatic N) is 2. The van der Waals surface area contributed by atoms with E-state index in [1.54, 1.807) is 12.1 Å². The maximum Gasteiger partial charge on any atom is 0.269 e. The molecule has 6 nitrogen and oxygen atoms in total. The molecule has 0 aromatic heterocycles. The maximum atomic E-state index is 10.6. The Morgan fingerprint density at radius 3 is 2.79 bits per heavy atom. The minimum atomic E-state index is -0.391.